The third-order valence-corrected chi connectivity index (χ3v) is 8.66. The van der Waals surface area contributed by atoms with E-state index in [2.05, 4.69) is 5.32 Å². The first-order valence-electron chi connectivity index (χ1n) is 12.9. The fourth-order valence-corrected chi connectivity index (χ4v) is 5.93. The largest absolute Gasteiger partial charge is 0.497 e. The summed E-state index contributed by atoms with van der Waals surface area (Å²) in [7, 11) is -1.08. The SMILES string of the molecule is COc1ccc(N(C)C(=O)[C@H](Cc2ccccc2)NC(=O)CN2CCN(S(=O)(=O)c3ccccc3F)CC2=O)cc1. The van der Waals surface area contributed by atoms with Crippen LogP contribution < -0.4 is 15.0 Å². The van der Waals surface area contributed by atoms with Crippen molar-refractivity contribution in [2.75, 3.05) is 45.2 Å². The van der Waals surface area contributed by atoms with Gasteiger partial charge in [-0.2, -0.15) is 4.31 Å². The predicted octanol–water partition coefficient (Wildman–Crippen LogP) is 2.06. The number of halogens is 1. The summed E-state index contributed by atoms with van der Waals surface area (Å²) in [5.74, 6) is -1.81. The van der Waals surface area contributed by atoms with E-state index in [1.807, 2.05) is 30.3 Å². The summed E-state index contributed by atoms with van der Waals surface area (Å²) in [4.78, 5) is 41.5. The molecule has 216 valence electrons. The fourth-order valence-electron chi connectivity index (χ4n) is 4.48. The molecule has 0 radical (unpaired) electrons. The molecule has 12 heteroatoms. The molecule has 0 aliphatic carbocycles. The second kappa shape index (κ2) is 12.9. The minimum Gasteiger partial charge on any atom is -0.497 e. The highest BCUT2D eigenvalue weighted by molar-refractivity contribution is 7.89. The van der Waals surface area contributed by atoms with Gasteiger partial charge in [0.05, 0.1) is 20.2 Å². The van der Waals surface area contributed by atoms with Crippen LogP contribution >= 0.6 is 0 Å². The molecule has 1 heterocycles. The fraction of sp³-hybridized carbons (Fsp3) is 0.276. The molecule has 0 spiro atoms. The van der Waals surface area contributed by atoms with E-state index in [-0.39, 0.29) is 32.0 Å². The van der Waals surface area contributed by atoms with Gasteiger partial charge in [-0.25, -0.2) is 12.8 Å². The van der Waals surface area contributed by atoms with Crippen molar-refractivity contribution in [2.24, 2.45) is 0 Å². The molecular weight excluding hydrogens is 551 g/mol. The van der Waals surface area contributed by atoms with Crippen molar-refractivity contribution in [3.8, 4) is 5.75 Å². The summed E-state index contributed by atoms with van der Waals surface area (Å²) in [6.07, 6.45) is 0.217. The Balaban J connectivity index is 1.43. The number of rotatable bonds is 10. The van der Waals surface area contributed by atoms with Crippen molar-refractivity contribution >= 4 is 33.4 Å². The summed E-state index contributed by atoms with van der Waals surface area (Å²) in [6, 6.07) is 20.1. The zero-order valence-electron chi connectivity index (χ0n) is 22.7. The van der Waals surface area contributed by atoms with Gasteiger partial charge in [-0.3, -0.25) is 14.4 Å². The summed E-state index contributed by atoms with van der Waals surface area (Å²) < 4.78 is 46.0. The lowest BCUT2D eigenvalue weighted by Crippen LogP contribution is -2.56. The first-order valence-corrected chi connectivity index (χ1v) is 14.3. The van der Waals surface area contributed by atoms with Crippen molar-refractivity contribution in [3.05, 3.63) is 90.2 Å². The number of nitrogens with zero attached hydrogens (tertiary/aromatic N) is 3. The van der Waals surface area contributed by atoms with Crippen LogP contribution in [-0.4, -0.2) is 81.7 Å². The van der Waals surface area contributed by atoms with Gasteiger partial charge in [-0.15, -0.1) is 0 Å². The summed E-state index contributed by atoms with van der Waals surface area (Å²) in [5.41, 5.74) is 1.43. The Morgan fingerprint density at radius 2 is 1.66 bits per heavy atom. The standard InChI is InChI=1S/C29H31FN4O6S/c1-32(22-12-14-23(40-2)15-13-22)29(37)25(18-21-8-4-3-5-9-21)31-27(35)19-33-16-17-34(20-28(33)36)41(38,39)26-11-7-6-10-24(26)30/h3-15,25H,16-20H2,1-2H3,(H,31,35)/t25-/m0/s1. The van der Waals surface area contributed by atoms with Gasteiger partial charge in [0.25, 0.3) is 0 Å². The monoisotopic (exact) mass is 582 g/mol. The van der Waals surface area contributed by atoms with E-state index in [0.29, 0.717) is 11.4 Å². The molecular formula is C29H31FN4O6S. The van der Waals surface area contributed by atoms with E-state index in [9.17, 15) is 27.2 Å². The van der Waals surface area contributed by atoms with Crippen LogP contribution in [0.2, 0.25) is 0 Å². The summed E-state index contributed by atoms with van der Waals surface area (Å²) in [6.45, 7) is -1.07. The predicted molar refractivity (Wildman–Crippen MR) is 150 cm³/mol. The lowest BCUT2D eigenvalue weighted by atomic mass is 10.0. The average molecular weight is 583 g/mol. The van der Waals surface area contributed by atoms with Crippen LogP contribution in [0.15, 0.2) is 83.8 Å². The number of hydrogen-bond donors (Lipinski definition) is 1. The average Bonchev–Trinajstić information content (AvgIpc) is 2.97. The first kappa shape index (κ1) is 29.7. The molecule has 0 bridgehead atoms. The number of likely N-dealkylation sites (N-methyl/N-ethyl adjacent to an activating group) is 1. The lowest BCUT2D eigenvalue weighted by molar-refractivity contribution is -0.139. The van der Waals surface area contributed by atoms with Gasteiger partial charge < -0.3 is 19.9 Å². The van der Waals surface area contributed by atoms with Gasteiger partial charge in [-0.05, 0) is 42.0 Å². The zero-order chi connectivity index (χ0) is 29.6. The number of methoxy groups -OCH3 is 1. The van der Waals surface area contributed by atoms with Crippen LogP contribution in [-0.2, 0) is 30.8 Å². The van der Waals surface area contributed by atoms with Gasteiger partial charge in [0, 0.05) is 32.2 Å². The van der Waals surface area contributed by atoms with Crippen LogP contribution in [0, 0.1) is 5.82 Å². The quantitative estimate of drug-likeness (QED) is 0.391. The van der Waals surface area contributed by atoms with Gasteiger partial charge in [0.1, 0.15) is 22.5 Å². The molecule has 3 amide bonds. The molecule has 0 unspecified atom stereocenters. The number of carbonyl (C=O) groups excluding carboxylic acids is 3. The molecule has 0 saturated carbocycles. The van der Waals surface area contributed by atoms with Crippen molar-refractivity contribution < 1.29 is 31.9 Å². The van der Waals surface area contributed by atoms with Gasteiger partial charge in [0.2, 0.25) is 27.7 Å². The van der Waals surface area contributed by atoms with Gasteiger partial charge in [0.15, 0.2) is 0 Å². The van der Waals surface area contributed by atoms with Crippen molar-refractivity contribution in [2.45, 2.75) is 17.4 Å². The Morgan fingerprint density at radius 3 is 2.29 bits per heavy atom. The summed E-state index contributed by atoms with van der Waals surface area (Å²) >= 11 is 0. The Hall–Kier alpha value is -4.29. The number of benzene rings is 3. The van der Waals surface area contributed by atoms with E-state index < -0.39 is 45.1 Å². The second-order valence-electron chi connectivity index (χ2n) is 9.49. The van der Waals surface area contributed by atoms with E-state index in [0.717, 1.165) is 22.0 Å². The maximum Gasteiger partial charge on any atom is 0.249 e. The first-order chi connectivity index (χ1) is 19.6. The molecule has 0 aromatic heterocycles. The molecule has 1 aliphatic rings. The highest BCUT2D eigenvalue weighted by atomic mass is 32.2. The molecule has 10 nitrogen and oxygen atoms in total. The molecule has 41 heavy (non-hydrogen) atoms. The minimum atomic E-state index is -4.23. The Morgan fingerprint density at radius 1 is 1.00 bits per heavy atom. The van der Waals surface area contributed by atoms with Crippen LogP contribution in [0.1, 0.15) is 5.56 Å². The van der Waals surface area contributed by atoms with Gasteiger partial charge >= 0.3 is 0 Å². The molecule has 1 N–H and O–H groups in total. The molecule has 3 aromatic carbocycles. The van der Waals surface area contributed by atoms with Crippen LogP contribution in [0.3, 0.4) is 0 Å². The number of ether oxygens (including phenoxy) is 1. The summed E-state index contributed by atoms with van der Waals surface area (Å²) in [5, 5.41) is 2.75. The Labute approximate surface area is 238 Å². The molecule has 1 saturated heterocycles. The molecule has 4 rings (SSSR count). The third-order valence-electron chi connectivity index (χ3n) is 6.78. The third kappa shape index (κ3) is 7.08. The number of amides is 3. The molecule has 1 fully saturated rings. The molecule has 1 atom stereocenters. The number of hydrogen-bond acceptors (Lipinski definition) is 6. The van der Waals surface area contributed by atoms with E-state index in [1.54, 1.807) is 38.4 Å². The minimum absolute atomic E-state index is 0.0665. The van der Waals surface area contributed by atoms with E-state index >= 15 is 0 Å². The number of nitrogens with one attached hydrogen (secondary N) is 1. The van der Waals surface area contributed by atoms with Crippen molar-refractivity contribution in [3.63, 3.8) is 0 Å². The van der Waals surface area contributed by atoms with Gasteiger partial charge in [-0.1, -0.05) is 42.5 Å². The number of sulfonamides is 1. The topological polar surface area (TPSA) is 116 Å². The van der Waals surface area contributed by atoms with E-state index in [4.69, 9.17) is 4.74 Å². The second-order valence-corrected chi connectivity index (χ2v) is 11.4. The molecule has 1 aliphatic heterocycles. The van der Waals surface area contributed by atoms with Crippen LogP contribution in [0.25, 0.3) is 0 Å². The van der Waals surface area contributed by atoms with Crippen LogP contribution in [0.5, 0.6) is 5.75 Å². The van der Waals surface area contributed by atoms with Crippen molar-refractivity contribution in [1.29, 1.82) is 0 Å². The Kier molecular flexibility index (Phi) is 9.35. The number of piperazine rings is 1. The number of carbonyl (C=O) groups is 3. The Bertz CT molecular complexity index is 1500. The highest BCUT2D eigenvalue weighted by Crippen LogP contribution is 2.21. The van der Waals surface area contributed by atoms with Crippen LogP contribution in [0.4, 0.5) is 10.1 Å². The highest BCUT2D eigenvalue weighted by Gasteiger charge is 2.35. The van der Waals surface area contributed by atoms with Crippen molar-refractivity contribution in [1.82, 2.24) is 14.5 Å². The smallest absolute Gasteiger partial charge is 0.249 e. The zero-order valence-corrected chi connectivity index (χ0v) is 23.5. The maximum absolute atomic E-state index is 14.1. The normalized spacial score (nSPS) is 14.8. The molecule has 3 aromatic rings. The maximum atomic E-state index is 14.1. The number of anilines is 1. The lowest BCUT2D eigenvalue weighted by Gasteiger charge is -2.33. The van der Waals surface area contributed by atoms with E-state index in [1.165, 1.54) is 21.9 Å².